The van der Waals surface area contributed by atoms with Crippen molar-refractivity contribution in [2.45, 2.75) is 11.8 Å². The van der Waals surface area contributed by atoms with Crippen LogP contribution < -0.4 is 4.90 Å². The van der Waals surface area contributed by atoms with Gasteiger partial charge < -0.3 is 4.90 Å². The fourth-order valence-electron chi connectivity index (χ4n) is 1.73. The van der Waals surface area contributed by atoms with E-state index in [4.69, 9.17) is 0 Å². The van der Waals surface area contributed by atoms with E-state index in [1.165, 1.54) is 18.0 Å². The number of carbonyl (C=O) groups is 1. The number of fused-ring (bicyclic) bond motifs is 1. The molecule has 0 N–H and O–H groups in total. The van der Waals surface area contributed by atoms with Crippen molar-refractivity contribution in [3.05, 3.63) is 23.5 Å². The van der Waals surface area contributed by atoms with Gasteiger partial charge in [-0.05, 0) is 24.6 Å². The first-order chi connectivity index (χ1) is 7.33. The summed E-state index contributed by atoms with van der Waals surface area (Å²) >= 11 is 0. The minimum atomic E-state index is -3.84. The SMILES string of the molecule is Cc1cc(F)c2c(c1)N(C)C(=O)CS2(=O)=O. The highest BCUT2D eigenvalue weighted by Crippen LogP contribution is 2.33. The summed E-state index contributed by atoms with van der Waals surface area (Å²) in [5.41, 5.74) is 0.696. The molecule has 1 aliphatic heterocycles. The Morgan fingerprint density at radius 2 is 2.00 bits per heavy atom. The van der Waals surface area contributed by atoms with Crippen LogP contribution in [0.3, 0.4) is 0 Å². The number of nitrogens with zero attached hydrogens (tertiary/aromatic N) is 1. The van der Waals surface area contributed by atoms with E-state index >= 15 is 0 Å². The molecule has 1 amide bonds. The molecule has 0 spiro atoms. The number of hydrogen-bond donors (Lipinski definition) is 0. The van der Waals surface area contributed by atoms with Crippen molar-refractivity contribution in [1.82, 2.24) is 0 Å². The maximum absolute atomic E-state index is 13.6. The van der Waals surface area contributed by atoms with Gasteiger partial charge in [0.05, 0.1) is 5.69 Å². The maximum Gasteiger partial charge on any atom is 0.242 e. The van der Waals surface area contributed by atoms with Gasteiger partial charge in [-0.3, -0.25) is 4.79 Å². The number of sulfone groups is 1. The molecule has 0 bridgehead atoms. The zero-order chi connectivity index (χ0) is 12.1. The van der Waals surface area contributed by atoms with Gasteiger partial charge in [0.1, 0.15) is 16.5 Å². The van der Waals surface area contributed by atoms with Crippen molar-refractivity contribution < 1.29 is 17.6 Å². The molecule has 6 heteroatoms. The van der Waals surface area contributed by atoms with E-state index in [1.54, 1.807) is 6.92 Å². The molecule has 1 aliphatic rings. The zero-order valence-corrected chi connectivity index (χ0v) is 9.64. The Kier molecular flexibility index (Phi) is 2.27. The van der Waals surface area contributed by atoms with Crippen LogP contribution in [0.25, 0.3) is 0 Å². The van der Waals surface area contributed by atoms with E-state index in [0.29, 0.717) is 5.56 Å². The van der Waals surface area contributed by atoms with Crippen LogP contribution in [0.4, 0.5) is 10.1 Å². The van der Waals surface area contributed by atoms with Crippen molar-refractivity contribution in [1.29, 1.82) is 0 Å². The lowest BCUT2D eigenvalue weighted by atomic mass is 10.2. The number of hydrogen-bond acceptors (Lipinski definition) is 3. The summed E-state index contributed by atoms with van der Waals surface area (Å²) in [5.74, 6) is -2.01. The van der Waals surface area contributed by atoms with Crippen LogP contribution in [0.2, 0.25) is 0 Å². The topological polar surface area (TPSA) is 54.5 Å². The van der Waals surface area contributed by atoms with Crippen molar-refractivity contribution in [3.8, 4) is 0 Å². The van der Waals surface area contributed by atoms with Gasteiger partial charge in [0.15, 0.2) is 9.84 Å². The van der Waals surface area contributed by atoms with Crippen LogP contribution >= 0.6 is 0 Å². The Morgan fingerprint density at radius 3 is 2.62 bits per heavy atom. The molecule has 1 aromatic rings. The first-order valence-corrected chi connectivity index (χ1v) is 6.27. The molecular weight excluding hydrogens is 233 g/mol. The van der Waals surface area contributed by atoms with Crippen LogP contribution in [0.15, 0.2) is 17.0 Å². The molecule has 4 nitrogen and oxygen atoms in total. The Labute approximate surface area is 92.6 Å². The summed E-state index contributed by atoms with van der Waals surface area (Å²) in [6.07, 6.45) is 0. The fourth-order valence-corrected chi connectivity index (χ4v) is 3.27. The fraction of sp³-hybridized carbons (Fsp3) is 0.300. The normalized spacial score (nSPS) is 18.4. The van der Waals surface area contributed by atoms with Crippen molar-refractivity contribution >= 4 is 21.4 Å². The van der Waals surface area contributed by atoms with Crippen LogP contribution in [-0.2, 0) is 14.6 Å². The third-order valence-electron chi connectivity index (χ3n) is 2.53. The number of halogens is 1. The van der Waals surface area contributed by atoms with Crippen molar-refractivity contribution in [2.24, 2.45) is 0 Å². The van der Waals surface area contributed by atoms with E-state index in [0.717, 1.165) is 6.07 Å². The molecule has 0 atom stereocenters. The molecule has 0 aromatic heterocycles. The quantitative estimate of drug-likeness (QED) is 0.679. The van der Waals surface area contributed by atoms with Gasteiger partial charge in [-0.15, -0.1) is 0 Å². The number of anilines is 1. The molecule has 0 saturated heterocycles. The summed E-state index contributed by atoms with van der Waals surface area (Å²) in [5, 5.41) is 0. The molecule has 2 rings (SSSR count). The Hall–Kier alpha value is -1.43. The number of carbonyl (C=O) groups excluding carboxylic acids is 1. The molecule has 0 unspecified atom stereocenters. The monoisotopic (exact) mass is 243 g/mol. The first-order valence-electron chi connectivity index (χ1n) is 4.62. The van der Waals surface area contributed by atoms with Gasteiger partial charge in [0, 0.05) is 7.05 Å². The zero-order valence-electron chi connectivity index (χ0n) is 8.82. The summed E-state index contributed by atoms with van der Waals surface area (Å²) in [6, 6.07) is 2.65. The first kappa shape index (κ1) is 11.1. The van der Waals surface area contributed by atoms with Gasteiger partial charge in [-0.2, -0.15) is 0 Å². The minimum absolute atomic E-state index is 0.119. The summed E-state index contributed by atoms with van der Waals surface area (Å²) < 4.78 is 37.0. The van der Waals surface area contributed by atoms with Crippen LogP contribution in [0.1, 0.15) is 5.56 Å². The predicted octanol–water partition coefficient (Wildman–Crippen LogP) is 0.884. The molecule has 0 aliphatic carbocycles. The summed E-state index contributed by atoms with van der Waals surface area (Å²) in [7, 11) is -2.40. The number of aryl methyl sites for hydroxylation is 1. The van der Waals surface area contributed by atoms with Gasteiger partial charge in [0.2, 0.25) is 5.91 Å². The predicted molar refractivity (Wildman–Crippen MR) is 56.6 cm³/mol. The summed E-state index contributed by atoms with van der Waals surface area (Å²) in [6.45, 7) is 1.64. The minimum Gasteiger partial charge on any atom is -0.313 e. The van der Waals surface area contributed by atoms with E-state index in [2.05, 4.69) is 0 Å². The van der Waals surface area contributed by atoms with Gasteiger partial charge in [-0.1, -0.05) is 0 Å². The van der Waals surface area contributed by atoms with E-state index in [1.807, 2.05) is 0 Å². The lowest BCUT2D eigenvalue weighted by Crippen LogP contribution is -2.38. The highest BCUT2D eigenvalue weighted by atomic mass is 32.2. The van der Waals surface area contributed by atoms with Gasteiger partial charge >= 0.3 is 0 Å². The van der Waals surface area contributed by atoms with Crippen molar-refractivity contribution in [3.63, 3.8) is 0 Å². The lowest BCUT2D eigenvalue weighted by Gasteiger charge is -2.26. The molecule has 0 saturated carbocycles. The van der Waals surface area contributed by atoms with Crippen LogP contribution in [0.5, 0.6) is 0 Å². The second kappa shape index (κ2) is 3.28. The lowest BCUT2D eigenvalue weighted by molar-refractivity contribution is -0.116. The highest BCUT2D eigenvalue weighted by molar-refractivity contribution is 7.92. The maximum atomic E-state index is 13.6. The molecule has 16 heavy (non-hydrogen) atoms. The molecule has 86 valence electrons. The second-order valence-electron chi connectivity index (χ2n) is 3.81. The number of amides is 1. The van der Waals surface area contributed by atoms with E-state index in [-0.39, 0.29) is 10.6 Å². The average Bonchev–Trinajstić information content (AvgIpc) is 2.11. The van der Waals surface area contributed by atoms with Gasteiger partial charge in [-0.25, -0.2) is 12.8 Å². The molecular formula is C10H10FNO3S. The average molecular weight is 243 g/mol. The third-order valence-corrected chi connectivity index (χ3v) is 4.18. The molecule has 0 fully saturated rings. The smallest absolute Gasteiger partial charge is 0.242 e. The Balaban J connectivity index is 2.84. The number of rotatable bonds is 0. The highest BCUT2D eigenvalue weighted by Gasteiger charge is 2.35. The molecule has 1 aromatic carbocycles. The van der Waals surface area contributed by atoms with E-state index < -0.39 is 27.3 Å². The molecule has 1 heterocycles. The second-order valence-corrected chi connectivity index (χ2v) is 5.73. The largest absolute Gasteiger partial charge is 0.313 e. The van der Waals surface area contributed by atoms with Crippen LogP contribution in [-0.4, -0.2) is 27.1 Å². The standard InChI is InChI=1S/C10H10FNO3S/c1-6-3-7(11)10-8(4-6)12(2)9(13)5-16(10,14)15/h3-4H,5H2,1-2H3. The summed E-state index contributed by atoms with van der Waals surface area (Å²) in [4.78, 5) is 12.2. The molecule has 0 radical (unpaired) electrons. The third kappa shape index (κ3) is 1.49. The van der Waals surface area contributed by atoms with E-state index in [9.17, 15) is 17.6 Å². The Morgan fingerprint density at radius 1 is 1.38 bits per heavy atom. The van der Waals surface area contributed by atoms with Crippen LogP contribution in [0, 0.1) is 12.7 Å². The van der Waals surface area contributed by atoms with Crippen molar-refractivity contribution in [2.75, 3.05) is 17.7 Å². The Bertz CT molecular complexity index is 580. The van der Waals surface area contributed by atoms with Gasteiger partial charge in [0.25, 0.3) is 0 Å². The number of benzene rings is 1.